The first-order chi connectivity index (χ1) is 10.8. The van der Waals surface area contributed by atoms with Gasteiger partial charge in [0.2, 0.25) is 11.8 Å². The van der Waals surface area contributed by atoms with Crippen LogP contribution < -0.4 is 10.6 Å². The van der Waals surface area contributed by atoms with Gasteiger partial charge in [-0.15, -0.1) is 0 Å². The van der Waals surface area contributed by atoms with E-state index >= 15 is 0 Å². The lowest BCUT2D eigenvalue weighted by atomic mass is 10.1. The van der Waals surface area contributed by atoms with Crippen LogP contribution in [0.1, 0.15) is 5.56 Å². The molecule has 0 aliphatic carbocycles. The van der Waals surface area contributed by atoms with E-state index < -0.39 is 31.1 Å². The average molecular weight is 324 g/mol. The highest BCUT2D eigenvalue weighted by molar-refractivity contribution is 5.87. The molecule has 2 aromatic carbocycles. The normalized spacial score (nSPS) is 11.3. The van der Waals surface area contributed by atoms with Crippen LogP contribution in [0.4, 0.5) is 13.2 Å². The van der Waals surface area contributed by atoms with Gasteiger partial charge in [0.15, 0.2) is 0 Å². The van der Waals surface area contributed by atoms with Crippen LogP contribution >= 0.6 is 0 Å². The number of fused-ring (bicyclic) bond motifs is 1. The predicted octanol–water partition coefficient (Wildman–Crippen LogP) is 2.18. The van der Waals surface area contributed by atoms with E-state index in [-0.39, 0.29) is 6.42 Å². The van der Waals surface area contributed by atoms with Crippen LogP contribution in [0.3, 0.4) is 0 Å². The maximum atomic E-state index is 11.9. The van der Waals surface area contributed by atoms with Crippen molar-refractivity contribution in [2.24, 2.45) is 0 Å². The van der Waals surface area contributed by atoms with Crippen molar-refractivity contribution in [3.05, 3.63) is 48.0 Å². The minimum absolute atomic E-state index is 0.0530. The third-order valence-electron chi connectivity index (χ3n) is 3.11. The third-order valence-corrected chi connectivity index (χ3v) is 3.11. The molecule has 23 heavy (non-hydrogen) atoms. The highest BCUT2D eigenvalue weighted by atomic mass is 19.4. The molecule has 0 heterocycles. The molecule has 2 amide bonds. The van der Waals surface area contributed by atoms with Gasteiger partial charge in [-0.3, -0.25) is 9.59 Å². The van der Waals surface area contributed by atoms with Crippen LogP contribution in [0.5, 0.6) is 0 Å². The van der Waals surface area contributed by atoms with Gasteiger partial charge in [0.05, 0.1) is 13.0 Å². The zero-order valence-corrected chi connectivity index (χ0v) is 12.1. The molecule has 0 fully saturated rings. The molecular weight excluding hydrogens is 309 g/mol. The molecule has 4 nitrogen and oxygen atoms in total. The zero-order chi connectivity index (χ0) is 16.9. The number of hydrogen-bond donors (Lipinski definition) is 2. The molecule has 2 rings (SSSR count). The summed E-state index contributed by atoms with van der Waals surface area (Å²) in [7, 11) is 0. The lowest BCUT2D eigenvalue weighted by Gasteiger charge is -2.09. The Morgan fingerprint density at radius 3 is 2.30 bits per heavy atom. The molecule has 0 aliphatic heterocycles. The van der Waals surface area contributed by atoms with Crippen LogP contribution in [0.25, 0.3) is 10.8 Å². The first-order valence-corrected chi connectivity index (χ1v) is 6.91. The van der Waals surface area contributed by atoms with Crippen LogP contribution in [0, 0.1) is 0 Å². The number of amides is 2. The third kappa shape index (κ3) is 5.61. The van der Waals surface area contributed by atoms with E-state index in [2.05, 4.69) is 5.32 Å². The predicted molar refractivity (Wildman–Crippen MR) is 79.7 cm³/mol. The Hall–Kier alpha value is -2.57. The number of carbonyl (C=O) groups is 2. The largest absolute Gasteiger partial charge is 0.405 e. The van der Waals surface area contributed by atoms with Gasteiger partial charge in [0.25, 0.3) is 0 Å². The van der Waals surface area contributed by atoms with Crippen molar-refractivity contribution in [2.45, 2.75) is 12.6 Å². The molecule has 0 bridgehead atoms. The van der Waals surface area contributed by atoms with Gasteiger partial charge in [0, 0.05) is 0 Å². The van der Waals surface area contributed by atoms with E-state index in [0.29, 0.717) is 0 Å². The second-order valence-corrected chi connectivity index (χ2v) is 5.03. The van der Waals surface area contributed by atoms with E-state index in [9.17, 15) is 22.8 Å². The highest BCUT2D eigenvalue weighted by Gasteiger charge is 2.27. The Kier molecular flexibility index (Phi) is 5.20. The van der Waals surface area contributed by atoms with E-state index in [0.717, 1.165) is 16.3 Å². The summed E-state index contributed by atoms with van der Waals surface area (Å²) in [6.45, 7) is -1.89. The molecule has 0 aromatic heterocycles. The van der Waals surface area contributed by atoms with Gasteiger partial charge in [0.1, 0.15) is 6.54 Å². The minimum Gasteiger partial charge on any atom is -0.347 e. The van der Waals surface area contributed by atoms with E-state index in [4.69, 9.17) is 0 Å². The summed E-state index contributed by atoms with van der Waals surface area (Å²) in [5, 5.41) is 6.02. The van der Waals surface area contributed by atoms with Gasteiger partial charge in [-0.05, 0) is 16.3 Å². The molecule has 0 saturated carbocycles. The van der Waals surface area contributed by atoms with Crippen molar-refractivity contribution in [1.29, 1.82) is 0 Å². The number of alkyl halides is 3. The molecule has 0 aliphatic rings. The summed E-state index contributed by atoms with van der Waals surface area (Å²) in [6.07, 6.45) is -4.41. The van der Waals surface area contributed by atoms with E-state index in [1.165, 1.54) is 0 Å². The first kappa shape index (κ1) is 16.8. The summed E-state index contributed by atoms with van der Waals surface area (Å²) in [5.41, 5.74) is 0.761. The fraction of sp³-hybridized carbons (Fsp3) is 0.250. The second-order valence-electron chi connectivity index (χ2n) is 5.03. The van der Waals surface area contributed by atoms with Crippen molar-refractivity contribution < 1.29 is 22.8 Å². The molecular formula is C16H15F3N2O2. The van der Waals surface area contributed by atoms with Crippen molar-refractivity contribution in [1.82, 2.24) is 10.6 Å². The molecule has 0 saturated heterocycles. The molecule has 7 heteroatoms. The van der Waals surface area contributed by atoms with Gasteiger partial charge in [-0.25, -0.2) is 0 Å². The fourth-order valence-electron chi connectivity index (χ4n) is 2.04. The number of benzene rings is 2. The molecule has 0 unspecified atom stereocenters. The van der Waals surface area contributed by atoms with Crippen LogP contribution in [0.15, 0.2) is 42.5 Å². The maximum Gasteiger partial charge on any atom is 0.405 e. The van der Waals surface area contributed by atoms with Gasteiger partial charge in [-0.2, -0.15) is 13.2 Å². The zero-order valence-electron chi connectivity index (χ0n) is 12.1. The van der Waals surface area contributed by atoms with Crippen molar-refractivity contribution >= 4 is 22.6 Å². The van der Waals surface area contributed by atoms with Gasteiger partial charge < -0.3 is 10.6 Å². The standard InChI is InChI=1S/C16H15F3N2O2/c17-16(18,19)10-21-15(23)9-20-14(22)8-11-5-6-12-3-1-2-4-13(12)7-11/h1-7H,8-10H2,(H,20,22)(H,21,23). The van der Waals surface area contributed by atoms with Crippen LogP contribution in [0.2, 0.25) is 0 Å². The Morgan fingerprint density at radius 2 is 1.61 bits per heavy atom. The van der Waals surface area contributed by atoms with E-state index in [1.54, 1.807) is 11.4 Å². The number of hydrogen-bond acceptors (Lipinski definition) is 2. The topological polar surface area (TPSA) is 58.2 Å². The summed E-state index contributed by atoms with van der Waals surface area (Å²) < 4.78 is 35.8. The monoisotopic (exact) mass is 324 g/mol. The smallest absolute Gasteiger partial charge is 0.347 e. The first-order valence-electron chi connectivity index (χ1n) is 6.91. The SMILES string of the molecule is O=C(CNC(=O)Cc1ccc2ccccc2c1)NCC(F)(F)F. The van der Waals surface area contributed by atoms with Gasteiger partial charge >= 0.3 is 6.18 Å². The maximum absolute atomic E-state index is 11.9. The second kappa shape index (κ2) is 7.13. The number of carbonyl (C=O) groups excluding carboxylic acids is 2. The Labute approximate surface area is 130 Å². The number of rotatable bonds is 5. The number of halogens is 3. The fourth-order valence-corrected chi connectivity index (χ4v) is 2.04. The Morgan fingerprint density at radius 1 is 0.913 bits per heavy atom. The molecule has 0 radical (unpaired) electrons. The van der Waals surface area contributed by atoms with Crippen molar-refractivity contribution in [2.75, 3.05) is 13.1 Å². The van der Waals surface area contributed by atoms with E-state index in [1.807, 2.05) is 36.4 Å². The minimum atomic E-state index is -4.47. The summed E-state index contributed by atoms with van der Waals surface area (Å²) in [6, 6.07) is 13.2. The van der Waals surface area contributed by atoms with Crippen LogP contribution in [-0.4, -0.2) is 31.1 Å². The lowest BCUT2D eigenvalue weighted by Crippen LogP contribution is -2.41. The molecule has 0 atom stereocenters. The van der Waals surface area contributed by atoms with Crippen molar-refractivity contribution in [3.8, 4) is 0 Å². The van der Waals surface area contributed by atoms with Gasteiger partial charge in [-0.1, -0.05) is 42.5 Å². The molecule has 2 aromatic rings. The summed E-state index contributed by atoms with van der Waals surface area (Å²) >= 11 is 0. The molecule has 2 N–H and O–H groups in total. The Balaban J connectivity index is 1.83. The Bertz CT molecular complexity index is 714. The molecule has 0 spiro atoms. The van der Waals surface area contributed by atoms with Crippen LogP contribution in [-0.2, 0) is 16.0 Å². The summed E-state index contributed by atoms with van der Waals surface area (Å²) in [5.74, 6) is -1.31. The highest BCUT2D eigenvalue weighted by Crippen LogP contribution is 2.16. The molecule has 122 valence electrons. The van der Waals surface area contributed by atoms with Crippen molar-refractivity contribution in [3.63, 3.8) is 0 Å². The summed E-state index contributed by atoms with van der Waals surface area (Å²) in [4.78, 5) is 22.9. The lowest BCUT2D eigenvalue weighted by molar-refractivity contribution is -0.138. The quantitative estimate of drug-likeness (QED) is 0.886. The number of nitrogens with one attached hydrogen (secondary N) is 2. The average Bonchev–Trinajstić information content (AvgIpc) is 2.50.